The van der Waals surface area contributed by atoms with Gasteiger partial charge in [-0.15, -0.1) is 6.58 Å². The molecule has 8 atom stereocenters. The number of ether oxygens (including phenoxy) is 2. The first kappa shape index (κ1) is 31.2. The van der Waals surface area contributed by atoms with Crippen LogP contribution < -0.4 is 0 Å². The van der Waals surface area contributed by atoms with Crippen molar-refractivity contribution in [1.29, 1.82) is 0 Å². The van der Waals surface area contributed by atoms with Crippen LogP contribution >= 0.6 is 0 Å². The van der Waals surface area contributed by atoms with Gasteiger partial charge in [0.2, 0.25) is 0 Å². The van der Waals surface area contributed by atoms with Gasteiger partial charge in [0.25, 0.3) is 0 Å². The molecular formula is C30H50O7Si. The highest BCUT2D eigenvalue weighted by atomic mass is 28.4. The van der Waals surface area contributed by atoms with Gasteiger partial charge in [-0.3, -0.25) is 4.79 Å². The van der Waals surface area contributed by atoms with Crippen LogP contribution in [0, 0.1) is 16.7 Å². The Hall–Kier alpha value is -1.32. The standard InChI is InChI=1S/C30H50O7Si/c1-13-15-21(32)35-22-23-26(6,7)17-16-20(36-38(11,12)25(3,4)5)28(23,9)30(34)19(31)18-27(8,14-2)37-29(30,10)24(22)33/h13-15,20,22-24,33-34H,2,16-18H2,1,3-12H3/t20-,22-,23-,24-,27-,28-,29+,30-/m0/s1. The van der Waals surface area contributed by atoms with Crippen LogP contribution in [0.4, 0.5) is 0 Å². The van der Waals surface area contributed by atoms with Crippen LogP contribution in [-0.4, -0.2) is 65.4 Å². The van der Waals surface area contributed by atoms with Crippen LogP contribution in [0.3, 0.4) is 0 Å². The summed E-state index contributed by atoms with van der Waals surface area (Å²) in [6, 6.07) is 0. The third-order valence-corrected chi connectivity index (χ3v) is 15.0. The molecule has 2 saturated carbocycles. The molecule has 3 fully saturated rings. The molecule has 2 aliphatic carbocycles. The van der Waals surface area contributed by atoms with E-state index in [2.05, 4.69) is 54.3 Å². The molecule has 0 aromatic heterocycles. The van der Waals surface area contributed by atoms with Crippen molar-refractivity contribution >= 4 is 20.1 Å². The molecule has 0 unspecified atom stereocenters. The zero-order valence-corrected chi connectivity index (χ0v) is 26.3. The number of aliphatic hydroxyl groups excluding tert-OH is 1. The van der Waals surface area contributed by atoms with Gasteiger partial charge in [-0.1, -0.05) is 53.7 Å². The van der Waals surface area contributed by atoms with Crippen LogP contribution in [-0.2, 0) is 23.5 Å². The monoisotopic (exact) mass is 550 g/mol. The zero-order valence-electron chi connectivity index (χ0n) is 25.3. The largest absolute Gasteiger partial charge is 0.456 e. The number of allylic oxidation sites excluding steroid dienone is 1. The minimum absolute atomic E-state index is 0.0894. The van der Waals surface area contributed by atoms with Gasteiger partial charge in [0.15, 0.2) is 19.7 Å². The zero-order chi connectivity index (χ0) is 29.3. The fraction of sp³-hybridized carbons (Fsp3) is 0.800. The lowest BCUT2D eigenvalue weighted by Gasteiger charge is -2.72. The second kappa shape index (κ2) is 9.37. The molecule has 0 aromatic rings. The minimum atomic E-state index is -2.38. The summed E-state index contributed by atoms with van der Waals surface area (Å²) in [6.07, 6.45) is 2.62. The summed E-state index contributed by atoms with van der Waals surface area (Å²) in [7, 11) is -2.38. The maximum atomic E-state index is 14.2. The molecule has 3 rings (SSSR count). The normalized spacial score (nSPS) is 43.3. The lowest BCUT2D eigenvalue weighted by molar-refractivity contribution is -0.369. The molecule has 3 aliphatic rings. The summed E-state index contributed by atoms with van der Waals surface area (Å²) in [5.74, 6) is -1.61. The van der Waals surface area contributed by atoms with E-state index >= 15 is 0 Å². The van der Waals surface area contributed by atoms with Gasteiger partial charge < -0.3 is 24.1 Å². The van der Waals surface area contributed by atoms with Gasteiger partial charge in [-0.2, -0.15) is 0 Å². The molecule has 0 spiro atoms. The molecule has 0 bridgehead atoms. The number of hydrogen-bond acceptors (Lipinski definition) is 7. The number of ketones is 1. The Labute approximate surface area is 230 Å². The van der Waals surface area contributed by atoms with E-state index in [0.29, 0.717) is 12.8 Å². The van der Waals surface area contributed by atoms with Gasteiger partial charge in [0, 0.05) is 23.8 Å². The van der Waals surface area contributed by atoms with Crippen molar-refractivity contribution in [1.82, 2.24) is 0 Å². The summed E-state index contributed by atoms with van der Waals surface area (Å²) in [6.45, 7) is 25.6. The van der Waals surface area contributed by atoms with Crippen molar-refractivity contribution in [2.45, 2.75) is 135 Å². The first-order chi connectivity index (χ1) is 17.1. The molecule has 1 saturated heterocycles. The van der Waals surface area contributed by atoms with Crippen molar-refractivity contribution in [3.8, 4) is 0 Å². The highest BCUT2D eigenvalue weighted by molar-refractivity contribution is 6.74. The molecule has 1 aliphatic heterocycles. The van der Waals surface area contributed by atoms with Crippen molar-refractivity contribution < 1.29 is 33.7 Å². The van der Waals surface area contributed by atoms with Crippen LogP contribution in [0.1, 0.15) is 81.6 Å². The minimum Gasteiger partial charge on any atom is -0.456 e. The highest BCUT2D eigenvalue weighted by Gasteiger charge is 2.81. The molecule has 1 heterocycles. The Morgan fingerprint density at radius 1 is 1.18 bits per heavy atom. The Bertz CT molecular complexity index is 1010. The fourth-order valence-corrected chi connectivity index (χ4v) is 8.83. The second-order valence-electron chi connectivity index (χ2n) is 14.5. The highest BCUT2D eigenvalue weighted by Crippen LogP contribution is 2.68. The van der Waals surface area contributed by atoms with E-state index in [-0.39, 0.29) is 11.5 Å². The second-order valence-corrected chi connectivity index (χ2v) is 19.3. The van der Waals surface area contributed by atoms with Crippen LogP contribution in [0.25, 0.3) is 0 Å². The molecular weight excluding hydrogens is 500 g/mol. The number of fused-ring (bicyclic) bond motifs is 3. The fourth-order valence-electron chi connectivity index (χ4n) is 7.41. The molecule has 0 radical (unpaired) electrons. The smallest absolute Gasteiger partial charge is 0.330 e. The van der Waals surface area contributed by atoms with Crippen LogP contribution in [0.5, 0.6) is 0 Å². The lowest BCUT2D eigenvalue weighted by atomic mass is 9.39. The number of hydrogen-bond donors (Lipinski definition) is 2. The van der Waals surface area contributed by atoms with Crippen molar-refractivity contribution in [3.05, 3.63) is 24.8 Å². The average molecular weight is 551 g/mol. The van der Waals surface area contributed by atoms with E-state index in [4.69, 9.17) is 13.9 Å². The summed E-state index contributed by atoms with van der Waals surface area (Å²) >= 11 is 0. The molecule has 7 nitrogen and oxygen atoms in total. The predicted octanol–water partition coefficient (Wildman–Crippen LogP) is 5.11. The summed E-state index contributed by atoms with van der Waals surface area (Å²) in [5.41, 5.74) is -6.75. The SMILES string of the molecule is C=C[C@@]1(C)CC(=O)[C@]2(O)[C@@]3(C)[C@@H](O[Si](C)(C)C(C)(C)C)CCC(C)(C)[C@@H]3[C@H](OC(=O)C=CC)[C@H](O)[C@@]2(C)O1. The van der Waals surface area contributed by atoms with E-state index in [0.717, 1.165) is 0 Å². The van der Waals surface area contributed by atoms with Crippen LogP contribution in [0.2, 0.25) is 18.1 Å². The first-order valence-electron chi connectivity index (χ1n) is 13.9. The number of carbonyl (C=O) groups excluding carboxylic acids is 2. The lowest BCUT2D eigenvalue weighted by Crippen LogP contribution is -2.87. The maximum Gasteiger partial charge on any atom is 0.330 e. The predicted molar refractivity (Wildman–Crippen MR) is 150 cm³/mol. The van der Waals surface area contributed by atoms with Crippen molar-refractivity contribution in [2.75, 3.05) is 0 Å². The molecule has 2 N–H and O–H groups in total. The summed E-state index contributed by atoms with van der Waals surface area (Å²) in [5, 5.41) is 24.7. The van der Waals surface area contributed by atoms with E-state index in [1.807, 2.05) is 6.92 Å². The maximum absolute atomic E-state index is 14.2. The molecule has 8 heteroatoms. The first-order valence-corrected chi connectivity index (χ1v) is 16.8. The Kier molecular flexibility index (Phi) is 7.69. The number of esters is 1. The number of carbonyl (C=O) groups is 2. The third-order valence-electron chi connectivity index (χ3n) is 10.5. The summed E-state index contributed by atoms with van der Waals surface area (Å²) < 4.78 is 19.6. The van der Waals surface area contributed by atoms with Gasteiger partial charge in [-0.05, 0) is 57.2 Å². The molecule has 38 heavy (non-hydrogen) atoms. The number of rotatable bonds is 5. The summed E-state index contributed by atoms with van der Waals surface area (Å²) in [4.78, 5) is 27.1. The van der Waals surface area contributed by atoms with Crippen molar-refractivity contribution in [2.24, 2.45) is 16.7 Å². The molecule has 0 amide bonds. The molecule has 0 aromatic carbocycles. The average Bonchev–Trinajstić information content (AvgIpc) is 2.76. The van der Waals surface area contributed by atoms with E-state index in [9.17, 15) is 19.8 Å². The quantitative estimate of drug-likeness (QED) is 0.212. The van der Waals surface area contributed by atoms with E-state index < -0.39 is 71.9 Å². The topological polar surface area (TPSA) is 102 Å². The van der Waals surface area contributed by atoms with Gasteiger partial charge in [0.05, 0.1) is 11.7 Å². The third kappa shape index (κ3) is 4.30. The van der Waals surface area contributed by atoms with E-state index in [1.54, 1.807) is 26.8 Å². The number of aliphatic hydroxyl groups is 2. The Morgan fingerprint density at radius 3 is 2.26 bits per heavy atom. The van der Waals surface area contributed by atoms with Gasteiger partial charge in [-0.25, -0.2) is 4.79 Å². The van der Waals surface area contributed by atoms with Gasteiger partial charge in [0.1, 0.15) is 17.8 Å². The Morgan fingerprint density at radius 2 is 1.76 bits per heavy atom. The van der Waals surface area contributed by atoms with E-state index in [1.165, 1.54) is 12.2 Å². The van der Waals surface area contributed by atoms with Crippen LogP contribution in [0.15, 0.2) is 24.8 Å². The number of Topliss-reactive ketones (excluding diaryl/α,β-unsaturated/α-hetero) is 1. The molecule has 216 valence electrons. The Balaban J connectivity index is 2.35. The van der Waals surface area contributed by atoms with Gasteiger partial charge >= 0.3 is 5.97 Å². The van der Waals surface area contributed by atoms with Crippen molar-refractivity contribution in [3.63, 3.8) is 0 Å².